The number of aromatic carboxylic acids is 1. The number of pyridine rings is 2. The van der Waals surface area contributed by atoms with Crippen molar-refractivity contribution in [1.82, 2.24) is 14.4 Å². The van der Waals surface area contributed by atoms with Crippen LogP contribution in [0.15, 0.2) is 47.7 Å². The lowest BCUT2D eigenvalue weighted by molar-refractivity contribution is 0.0696. The number of hydrogen-bond acceptors (Lipinski definition) is 4. The molecule has 0 aliphatic heterocycles. The Labute approximate surface area is 144 Å². The normalized spacial score (nSPS) is 11.2. The van der Waals surface area contributed by atoms with Crippen LogP contribution in [-0.2, 0) is 6.42 Å². The van der Waals surface area contributed by atoms with Crippen molar-refractivity contribution in [2.45, 2.75) is 19.8 Å². The first-order chi connectivity index (χ1) is 12.1. The molecular weight excluding hydrogens is 318 g/mol. The third-order valence-electron chi connectivity index (χ3n) is 3.81. The number of nitrogens with zero attached hydrogens (tertiary/aromatic N) is 3. The van der Waals surface area contributed by atoms with Crippen molar-refractivity contribution in [2.24, 2.45) is 0 Å². The minimum Gasteiger partial charge on any atom is -0.478 e. The molecule has 126 valence electrons. The predicted octanol–water partition coefficient (Wildman–Crippen LogP) is 2.91. The average molecular weight is 335 g/mol. The van der Waals surface area contributed by atoms with E-state index < -0.39 is 5.97 Å². The molecule has 0 atom stereocenters. The Morgan fingerprint density at radius 2 is 2.12 bits per heavy atom. The summed E-state index contributed by atoms with van der Waals surface area (Å²) >= 11 is 0. The molecule has 0 radical (unpaired) electrons. The van der Waals surface area contributed by atoms with Crippen LogP contribution in [0.4, 0.5) is 0 Å². The van der Waals surface area contributed by atoms with Gasteiger partial charge in [0.05, 0.1) is 11.3 Å². The Kier molecular flexibility index (Phi) is 4.70. The highest BCUT2D eigenvalue weighted by atomic mass is 16.4. The molecule has 0 spiro atoms. The van der Waals surface area contributed by atoms with Crippen LogP contribution in [-0.4, -0.2) is 25.4 Å². The lowest BCUT2D eigenvalue weighted by Gasteiger charge is -2.08. The zero-order valence-electron chi connectivity index (χ0n) is 13.7. The second kappa shape index (κ2) is 7.09. The smallest absolute Gasteiger partial charge is 0.337 e. The van der Waals surface area contributed by atoms with Gasteiger partial charge in [-0.1, -0.05) is 25.5 Å². The van der Waals surface area contributed by atoms with E-state index in [2.05, 4.69) is 9.97 Å². The molecule has 0 saturated heterocycles. The summed E-state index contributed by atoms with van der Waals surface area (Å²) in [6, 6.07) is 6.74. The number of carboxylic acids is 1. The van der Waals surface area contributed by atoms with Crippen LogP contribution < -0.4 is 5.56 Å². The van der Waals surface area contributed by atoms with Crippen LogP contribution in [0.3, 0.4) is 0 Å². The third-order valence-corrected chi connectivity index (χ3v) is 3.81. The van der Waals surface area contributed by atoms with Gasteiger partial charge < -0.3 is 5.11 Å². The summed E-state index contributed by atoms with van der Waals surface area (Å²) < 4.78 is 1.30. The number of fused-ring (bicyclic) bond motifs is 1. The van der Waals surface area contributed by atoms with Crippen molar-refractivity contribution in [2.75, 3.05) is 0 Å². The number of carboxylic acid groups (broad SMARTS) is 1. The van der Waals surface area contributed by atoms with Crippen molar-refractivity contribution in [3.05, 3.63) is 75.6 Å². The first-order valence-corrected chi connectivity index (χ1v) is 7.97. The summed E-state index contributed by atoms with van der Waals surface area (Å²) in [6.45, 7) is 1.98. The van der Waals surface area contributed by atoms with E-state index in [-0.39, 0.29) is 11.1 Å². The summed E-state index contributed by atoms with van der Waals surface area (Å²) in [5, 5.41) is 9.12. The maximum atomic E-state index is 12.8. The Hall–Kier alpha value is -3.28. The fourth-order valence-corrected chi connectivity index (χ4v) is 2.59. The Bertz CT molecular complexity index is 1010. The van der Waals surface area contributed by atoms with Crippen LogP contribution in [0, 0.1) is 0 Å². The molecule has 25 heavy (non-hydrogen) atoms. The van der Waals surface area contributed by atoms with Gasteiger partial charge in [0.1, 0.15) is 5.65 Å². The Morgan fingerprint density at radius 1 is 1.28 bits per heavy atom. The Morgan fingerprint density at radius 3 is 2.80 bits per heavy atom. The van der Waals surface area contributed by atoms with Gasteiger partial charge in [0, 0.05) is 24.2 Å². The predicted molar refractivity (Wildman–Crippen MR) is 95.6 cm³/mol. The SMILES string of the molecule is CCCc1c(/C=C/c2cccnc2)nc2ccc(C(=O)O)cn2c1=O. The first kappa shape index (κ1) is 16.6. The largest absolute Gasteiger partial charge is 0.478 e. The average Bonchev–Trinajstić information content (AvgIpc) is 2.63. The van der Waals surface area contributed by atoms with Crippen LogP contribution in [0.2, 0.25) is 0 Å². The minimum atomic E-state index is -1.08. The molecule has 0 fully saturated rings. The molecule has 6 heteroatoms. The van der Waals surface area contributed by atoms with Crippen molar-refractivity contribution in [1.29, 1.82) is 0 Å². The van der Waals surface area contributed by atoms with Gasteiger partial charge >= 0.3 is 5.97 Å². The summed E-state index contributed by atoms with van der Waals surface area (Å²) in [5.74, 6) is -1.08. The maximum Gasteiger partial charge on any atom is 0.337 e. The summed E-state index contributed by atoms with van der Waals surface area (Å²) in [6.07, 6.45) is 9.75. The molecular formula is C19H17N3O3. The van der Waals surface area contributed by atoms with E-state index in [1.807, 2.05) is 25.1 Å². The highest BCUT2D eigenvalue weighted by molar-refractivity contribution is 5.87. The zero-order valence-corrected chi connectivity index (χ0v) is 13.7. The lowest BCUT2D eigenvalue weighted by atomic mass is 10.1. The van der Waals surface area contributed by atoms with Crippen molar-refractivity contribution in [3.8, 4) is 0 Å². The fraction of sp³-hybridized carbons (Fsp3) is 0.158. The van der Waals surface area contributed by atoms with Crippen LogP contribution in [0.1, 0.15) is 40.5 Å². The number of aromatic nitrogens is 3. The first-order valence-electron chi connectivity index (χ1n) is 7.97. The van der Waals surface area contributed by atoms with Gasteiger partial charge in [-0.25, -0.2) is 9.78 Å². The third kappa shape index (κ3) is 3.47. The van der Waals surface area contributed by atoms with Gasteiger partial charge in [-0.15, -0.1) is 0 Å². The number of carbonyl (C=O) groups is 1. The monoisotopic (exact) mass is 335 g/mol. The zero-order chi connectivity index (χ0) is 17.8. The number of hydrogen-bond donors (Lipinski definition) is 1. The van der Waals surface area contributed by atoms with Gasteiger partial charge in [-0.2, -0.15) is 0 Å². The van der Waals surface area contributed by atoms with E-state index in [4.69, 9.17) is 5.11 Å². The summed E-state index contributed by atoms with van der Waals surface area (Å²) in [5.41, 5.74) is 2.31. The molecule has 6 nitrogen and oxygen atoms in total. The van der Waals surface area contributed by atoms with Crippen molar-refractivity contribution >= 4 is 23.8 Å². The molecule has 0 aliphatic rings. The molecule has 3 aromatic rings. The molecule has 0 bridgehead atoms. The molecule has 3 heterocycles. The maximum absolute atomic E-state index is 12.8. The van der Waals surface area contributed by atoms with E-state index >= 15 is 0 Å². The topological polar surface area (TPSA) is 84.6 Å². The Balaban J connectivity index is 2.16. The summed E-state index contributed by atoms with van der Waals surface area (Å²) in [4.78, 5) is 32.5. The van der Waals surface area contributed by atoms with Gasteiger partial charge in [0.2, 0.25) is 0 Å². The van der Waals surface area contributed by atoms with Crippen molar-refractivity contribution < 1.29 is 9.90 Å². The second-order valence-electron chi connectivity index (χ2n) is 5.60. The fourth-order valence-electron chi connectivity index (χ4n) is 2.59. The molecule has 1 N–H and O–H groups in total. The van der Waals surface area contributed by atoms with Crippen LogP contribution in [0.25, 0.3) is 17.8 Å². The molecule has 3 rings (SSSR count). The molecule has 0 aliphatic carbocycles. The van der Waals surface area contributed by atoms with Crippen LogP contribution >= 0.6 is 0 Å². The highest BCUT2D eigenvalue weighted by Crippen LogP contribution is 2.12. The molecule has 0 aromatic carbocycles. The van der Waals surface area contributed by atoms with Gasteiger partial charge in [-0.3, -0.25) is 14.2 Å². The van der Waals surface area contributed by atoms with Gasteiger partial charge in [0.25, 0.3) is 5.56 Å². The quantitative estimate of drug-likeness (QED) is 0.775. The second-order valence-corrected chi connectivity index (χ2v) is 5.60. The van der Waals surface area contributed by atoms with E-state index in [0.717, 1.165) is 12.0 Å². The highest BCUT2D eigenvalue weighted by Gasteiger charge is 2.12. The standard InChI is InChI=1S/C19H17N3O3/c1-2-4-15-16(8-6-13-5-3-10-20-11-13)21-17-9-7-14(19(24)25)12-22(17)18(15)23/h3,5-12H,2,4H2,1H3,(H,24,25)/b8-6+. The van der Waals surface area contributed by atoms with Crippen LogP contribution in [0.5, 0.6) is 0 Å². The van der Waals surface area contributed by atoms with E-state index in [1.54, 1.807) is 24.5 Å². The van der Waals surface area contributed by atoms with Gasteiger partial charge in [0.15, 0.2) is 0 Å². The molecule has 3 aromatic heterocycles. The number of rotatable bonds is 5. The molecule has 0 unspecified atom stereocenters. The van der Waals surface area contributed by atoms with E-state index in [9.17, 15) is 9.59 Å². The lowest BCUT2D eigenvalue weighted by Crippen LogP contribution is -2.22. The van der Waals surface area contributed by atoms with Crippen molar-refractivity contribution in [3.63, 3.8) is 0 Å². The minimum absolute atomic E-state index is 0.0532. The molecule has 0 saturated carbocycles. The summed E-state index contributed by atoms with van der Waals surface area (Å²) in [7, 11) is 0. The van der Waals surface area contributed by atoms with E-state index in [0.29, 0.717) is 23.3 Å². The van der Waals surface area contributed by atoms with Gasteiger partial charge in [-0.05, 0) is 36.3 Å². The molecule has 0 amide bonds. The van der Waals surface area contributed by atoms with E-state index in [1.165, 1.54) is 16.7 Å².